The van der Waals surface area contributed by atoms with Gasteiger partial charge in [0.1, 0.15) is 4.47 Å². The number of nitro benzene ring substituents is 1. The van der Waals surface area contributed by atoms with Crippen LogP contribution >= 0.6 is 27.5 Å². The molecule has 0 heterocycles. The first-order valence-corrected chi connectivity index (χ1v) is 4.91. The van der Waals surface area contributed by atoms with Crippen molar-refractivity contribution in [3.63, 3.8) is 0 Å². The van der Waals surface area contributed by atoms with Gasteiger partial charge < -0.3 is 9.84 Å². The summed E-state index contributed by atoms with van der Waals surface area (Å²) in [6.07, 6.45) is -5.03. The highest BCUT2D eigenvalue weighted by Gasteiger charge is 2.35. The number of hydrogen-bond acceptors (Lipinski definition) is 4. The fraction of sp³-hybridized carbons (Fsp3) is 0.143. The van der Waals surface area contributed by atoms with E-state index < -0.39 is 38.0 Å². The lowest BCUT2D eigenvalue weighted by atomic mass is 10.3. The van der Waals surface area contributed by atoms with Gasteiger partial charge in [-0.25, -0.2) is 0 Å². The molecule has 0 aromatic heterocycles. The highest BCUT2D eigenvalue weighted by atomic mass is 79.9. The normalized spacial score (nSPS) is 11.4. The van der Waals surface area contributed by atoms with Crippen LogP contribution in [0.4, 0.5) is 18.9 Å². The van der Waals surface area contributed by atoms with Gasteiger partial charge in [0.15, 0.2) is 5.75 Å². The smallest absolute Gasteiger partial charge is 0.501 e. The van der Waals surface area contributed by atoms with Crippen molar-refractivity contribution in [2.45, 2.75) is 6.36 Å². The zero-order valence-corrected chi connectivity index (χ0v) is 9.93. The maximum Gasteiger partial charge on any atom is 0.573 e. The van der Waals surface area contributed by atoms with Gasteiger partial charge in [0.25, 0.3) is 0 Å². The molecule has 5 nitrogen and oxygen atoms in total. The summed E-state index contributed by atoms with van der Waals surface area (Å²) in [5, 5.41) is 19.0. The SMILES string of the molecule is O=[N+]([O-])c1cc(Cl)c(OC(F)(F)F)c(Br)c1O. The van der Waals surface area contributed by atoms with Gasteiger partial charge in [-0.1, -0.05) is 11.6 Å². The fourth-order valence-electron chi connectivity index (χ4n) is 0.927. The van der Waals surface area contributed by atoms with E-state index in [1.54, 1.807) is 0 Å². The molecule has 1 aromatic rings. The highest BCUT2D eigenvalue weighted by Crippen LogP contribution is 2.46. The van der Waals surface area contributed by atoms with E-state index in [1.165, 1.54) is 0 Å². The van der Waals surface area contributed by atoms with E-state index >= 15 is 0 Å². The summed E-state index contributed by atoms with van der Waals surface area (Å²) in [5.74, 6) is -1.94. The number of benzene rings is 1. The molecule has 0 aliphatic rings. The summed E-state index contributed by atoms with van der Waals surface area (Å²) >= 11 is 7.93. The molecule has 1 N–H and O–H groups in total. The van der Waals surface area contributed by atoms with Crippen LogP contribution in [-0.2, 0) is 0 Å². The Morgan fingerprint density at radius 3 is 2.47 bits per heavy atom. The first-order valence-electron chi connectivity index (χ1n) is 3.74. The van der Waals surface area contributed by atoms with Crippen LogP contribution in [0.2, 0.25) is 5.02 Å². The second-order valence-corrected chi connectivity index (χ2v) is 3.87. The number of phenols is 1. The van der Waals surface area contributed by atoms with Gasteiger partial charge in [0, 0.05) is 6.07 Å². The predicted molar refractivity (Wildman–Crippen MR) is 54.2 cm³/mol. The lowest BCUT2D eigenvalue weighted by Gasteiger charge is -2.12. The Hall–Kier alpha value is -1.22. The first-order chi connectivity index (χ1) is 7.63. The van der Waals surface area contributed by atoms with Crippen LogP contribution in [0, 0.1) is 10.1 Å². The fourth-order valence-corrected chi connectivity index (χ4v) is 1.78. The Bertz CT molecular complexity index is 479. The van der Waals surface area contributed by atoms with Gasteiger partial charge in [0.2, 0.25) is 5.75 Å². The maximum absolute atomic E-state index is 12.0. The molecule has 0 unspecified atom stereocenters. The van der Waals surface area contributed by atoms with Crippen molar-refractivity contribution in [2.24, 2.45) is 0 Å². The van der Waals surface area contributed by atoms with Crippen molar-refractivity contribution in [1.82, 2.24) is 0 Å². The minimum atomic E-state index is -5.03. The predicted octanol–water partition coefficient (Wildman–Crippen LogP) is 3.61. The first kappa shape index (κ1) is 13.8. The molecule has 94 valence electrons. The molecule has 0 atom stereocenters. The minimum Gasteiger partial charge on any atom is -0.501 e. The molecule has 0 saturated carbocycles. The Kier molecular flexibility index (Phi) is 3.72. The quantitative estimate of drug-likeness (QED) is 0.661. The Morgan fingerprint density at radius 1 is 1.53 bits per heavy atom. The number of nitro groups is 1. The second-order valence-electron chi connectivity index (χ2n) is 2.67. The van der Waals surface area contributed by atoms with E-state index in [0.717, 1.165) is 0 Å². The van der Waals surface area contributed by atoms with Crippen molar-refractivity contribution in [1.29, 1.82) is 0 Å². The zero-order valence-electron chi connectivity index (χ0n) is 7.59. The number of halogens is 5. The molecular formula is C7H2BrClF3NO4. The summed E-state index contributed by atoms with van der Waals surface area (Å²) in [7, 11) is 0. The lowest BCUT2D eigenvalue weighted by molar-refractivity contribution is -0.386. The van der Waals surface area contributed by atoms with Gasteiger partial charge in [-0.05, 0) is 15.9 Å². The van der Waals surface area contributed by atoms with Crippen LogP contribution in [0.15, 0.2) is 10.5 Å². The van der Waals surface area contributed by atoms with E-state index in [2.05, 4.69) is 20.7 Å². The van der Waals surface area contributed by atoms with E-state index in [9.17, 15) is 28.4 Å². The molecule has 17 heavy (non-hydrogen) atoms. The van der Waals surface area contributed by atoms with Gasteiger partial charge in [-0.15, -0.1) is 13.2 Å². The summed E-state index contributed by atoms with van der Waals surface area (Å²) in [5.41, 5.74) is -0.837. The molecule has 0 bridgehead atoms. The Labute approximate surface area is 105 Å². The summed E-state index contributed by atoms with van der Waals surface area (Å²) in [6, 6.07) is 0.558. The van der Waals surface area contributed by atoms with Crippen LogP contribution in [0.25, 0.3) is 0 Å². The maximum atomic E-state index is 12.0. The standard InChI is InChI=1S/C7H2BrClF3NO4/c8-4-5(14)3(13(15)16)1-2(9)6(4)17-7(10,11)12/h1,14H. The second kappa shape index (κ2) is 4.57. The van der Waals surface area contributed by atoms with E-state index in [4.69, 9.17) is 11.6 Å². The van der Waals surface area contributed by atoms with Crippen LogP contribution in [0.5, 0.6) is 11.5 Å². The topological polar surface area (TPSA) is 72.6 Å². The number of alkyl halides is 3. The van der Waals surface area contributed by atoms with Crippen molar-refractivity contribution in [2.75, 3.05) is 0 Å². The summed E-state index contributed by atoms with van der Waals surface area (Å²) in [6.45, 7) is 0. The van der Waals surface area contributed by atoms with Crippen molar-refractivity contribution in [3.05, 3.63) is 25.7 Å². The largest absolute Gasteiger partial charge is 0.573 e. The molecule has 10 heteroatoms. The number of nitrogens with zero attached hydrogens (tertiary/aromatic N) is 1. The number of rotatable bonds is 2. The van der Waals surface area contributed by atoms with Gasteiger partial charge in [-0.3, -0.25) is 10.1 Å². The van der Waals surface area contributed by atoms with E-state index in [-0.39, 0.29) is 0 Å². The van der Waals surface area contributed by atoms with Crippen LogP contribution in [0.1, 0.15) is 0 Å². The highest BCUT2D eigenvalue weighted by molar-refractivity contribution is 9.10. The molecule has 0 spiro atoms. The van der Waals surface area contributed by atoms with E-state index in [0.29, 0.717) is 6.07 Å². The molecule has 0 saturated heterocycles. The van der Waals surface area contributed by atoms with Crippen molar-refractivity contribution >= 4 is 33.2 Å². The number of ether oxygens (including phenoxy) is 1. The van der Waals surface area contributed by atoms with Crippen LogP contribution < -0.4 is 4.74 Å². The third-order valence-electron chi connectivity index (χ3n) is 1.54. The molecule has 0 radical (unpaired) electrons. The number of phenolic OH excluding ortho intramolecular Hbond substituents is 1. The van der Waals surface area contributed by atoms with Crippen molar-refractivity contribution < 1.29 is 27.9 Å². The average Bonchev–Trinajstić information content (AvgIpc) is 2.16. The van der Waals surface area contributed by atoms with Crippen molar-refractivity contribution in [3.8, 4) is 11.5 Å². The molecule has 1 aromatic carbocycles. The molecule has 1 rings (SSSR count). The van der Waals surface area contributed by atoms with Crippen LogP contribution in [0.3, 0.4) is 0 Å². The summed E-state index contributed by atoms with van der Waals surface area (Å²) < 4.78 is 38.8. The van der Waals surface area contributed by atoms with Crippen LogP contribution in [-0.4, -0.2) is 16.4 Å². The van der Waals surface area contributed by atoms with E-state index in [1.807, 2.05) is 0 Å². The third-order valence-corrected chi connectivity index (χ3v) is 2.56. The molecule has 0 aliphatic carbocycles. The third kappa shape index (κ3) is 3.13. The molecule has 0 amide bonds. The average molecular weight is 336 g/mol. The summed E-state index contributed by atoms with van der Waals surface area (Å²) in [4.78, 5) is 9.43. The Balaban J connectivity index is 3.36. The van der Waals surface area contributed by atoms with Gasteiger partial charge >= 0.3 is 12.0 Å². The van der Waals surface area contributed by atoms with Gasteiger partial charge in [0.05, 0.1) is 9.95 Å². The molecule has 0 fully saturated rings. The molecular weight excluding hydrogens is 334 g/mol. The monoisotopic (exact) mass is 335 g/mol. The van der Waals surface area contributed by atoms with Gasteiger partial charge in [-0.2, -0.15) is 0 Å². The minimum absolute atomic E-state index is 0.558. The molecule has 0 aliphatic heterocycles. The Morgan fingerprint density at radius 2 is 2.06 bits per heavy atom. The number of aromatic hydroxyl groups is 1. The number of hydrogen-bond donors (Lipinski definition) is 1. The zero-order chi connectivity index (χ0) is 13.4. The lowest BCUT2D eigenvalue weighted by Crippen LogP contribution is -2.17.